The molecule has 0 bridgehead atoms. The molecule has 0 unspecified atom stereocenters. The normalized spacial score (nSPS) is 24.2. The van der Waals surface area contributed by atoms with Crippen LogP contribution < -0.4 is 5.73 Å². The molecule has 0 aromatic carbocycles. The number of nitrogens with zero attached hydrogens (tertiary/aromatic N) is 1. The number of thioether (sulfide) groups is 1. The number of hydrogen-bond donors (Lipinski definition) is 1. The maximum Gasteiger partial charge on any atom is 0.232 e. The van der Waals surface area contributed by atoms with E-state index in [1.54, 1.807) is 11.8 Å². The highest BCUT2D eigenvalue weighted by atomic mass is 32.2. The highest BCUT2D eigenvalue weighted by Gasteiger charge is 2.22. The Morgan fingerprint density at radius 1 is 1.82 bits per heavy atom. The summed E-state index contributed by atoms with van der Waals surface area (Å²) < 4.78 is 0. The minimum Gasteiger partial charge on any atom is -0.340 e. The van der Waals surface area contributed by atoms with Gasteiger partial charge in [0.2, 0.25) is 5.91 Å². The van der Waals surface area contributed by atoms with Crippen LogP contribution in [0.25, 0.3) is 0 Å². The van der Waals surface area contributed by atoms with Crippen LogP contribution in [0, 0.1) is 0 Å². The summed E-state index contributed by atoms with van der Waals surface area (Å²) in [5.41, 5.74) is 5.66. The number of nitrogens with two attached hydrogens (primary N) is 1. The quantitative estimate of drug-likeness (QED) is 0.636. The fraction of sp³-hybridized carbons (Fsp3) is 0.857. The molecule has 1 atom stereocenters. The third-order valence-electron chi connectivity index (χ3n) is 1.85. The molecule has 2 N–H and O–H groups in total. The molecular formula is C7H14N2OS. The van der Waals surface area contributed by atoms with E-state index in [0.29, 0.717) is 5.75 Å². The van der Waals surface area contributed by atoms with Crippen LogP contribution >= 0.6 is 11.8 Å². The zero-order valence-electron chi connectivity index (χ0n) is 6.75. The van der Waals surface area contributed by atoms with Crippen LogP contribution in [0.5, 0.6) is 0 Å². The van der Waals surface area contributed by atoms with Crippen molar-refractivity contribution in [3.05, 3.63) is 0 Å². The van der Waals surface area contributed by atoms with Crippen LogP contribution in [0.1, 0.15) is 6.42 Å². The maximum absolute atomic E-state index is 11.2. The lowest BCUT2D eigenvalue weighted by Crippen LogP contribution is -2.32. The molecule has 4 heteroatoms. The number of amides is 1. The van der Waals surface area contributed by atoms with E-state index in [9.17, 15) is 4.79 Å². The van der Waals surface area contributed by atoms with Gasteiger partial charge in [-0.05, 0) is 12.7 Å². The van der Waals surface area contributed by atoms with Crippen LogP contribution in [-0.4, -0.2) is 41.9 Å². The lowest BCUT2D eigenvalue weighted by molar-refractivity contribution is -0.127. The zero-order chi connectivity index (χ0) is 8.27. The van der Waals surface area contributed by atoms with E-state index >= 15 is 0 Å². The molecular weight excluding hydrogens is 160 g/mol. The Hall–Kier alpha value is -0.220. The van der Waals surface area contributed by atoms with Gasteiger partial charge in [0.25, 0.3) is 0 Å². The molecule has 1 fully saturated rings. The Bertz CT molecular complexity index is 151. The monoisotopic (exact) mass is 174 g/mol. The molecule has 1 aliphatic heterocycles. The summed E-state index contributed by atoms with van der Waals surface area (Å²) in [6, 6.07) is 0.209. The molecule has 0 aromatic heterocycles. The van der Waals surface area contributed by atoms with Gasteiger partial charge in [-0.1, -0.05) is 0 Å². The first kappa shape index (κ1) is 8.87. The minimum absolute atomic E-state index is 0.209. The van der Waals surface area contributed by atoms with Gasteiger partial charge in [0.1, 0.15) is 0 Å². The molecule has 0 aromatic rings. The van der Waals surface area contributed by atoms with Gasteiger partial charge in [-0.3, -0.25) is 4.79 Å². The molecule has 64 valence electrons. The van der Waals surface area contributed by atoms with Crippen molar-refractivity contribution in [3.63, 3.8) is 0 Å². The van der Waals surface area contributed by atoms with Crippen LogP contribution in [0.2, 0.25) is 0 Å². The molecule has 0 radical (unpaired) electrons. The number of carbonyl (C=O) groups excluding carboxylic acids is 1. The maximum atomic E-state index is 11.2. The second-order valence-corrected chi connectivity index (χ2v) is 3.69. The van der Waals surface area contributed by atoms with E-state index < -0.39 is 0 Å². The highest BCUT2D eigenvalue weighted by Crippen LogP contribution is 2.08. The molecule has 1 amide bonds. The van der Waals surface area contributed by atoms with Crippen molar-refractivity contribution in [3.8, 4) is 0 Å². The average molecular weight is 174 g/mol. The Morgan fingerprint density at radius 3 is 3.00 bits per heavy atom. The molecule has 0 spiro atoms. The summed E-state index contributed by atoms with van der Waals surface area (Å²) in [4.78, 5) is 13.1. The van der Waals surface area contributed by atoms with Crippen molar-refractivity contribution in [1.29, 1.82) is 0 Å². The molecule has 11 heavy (non-hydrogen) atoms. The molecule has 1 aliphatic rings. The predicted octanol–water partition coefficient (Wildman–Crippen LogP) is -0.0910. The second-order valence-electron chi connectivity index (χ2n) is 2.82. The summed E-state index contributed by atoms with van der Waals surface area (Å²) in [7, 11) is 0. The van der Waals surface area contributed by atoms with Gasteiger partial charge in [0.05, 0.1) is 5.75 Å². The van der Waals surface area contributed by atoms with Crippen molar-refractivity contribution in [2.45, 2.75) is 12.5 Å². The van der Waals surface area contributed by atoms with Crippen molar-refractivity contribution >= 4 is 17.7 Å². The number of carbonyl (C=O) groups is 1. The lowest BCUT2D eigenvalue weighted by Gasteiger charge is -2.14. The van der Waals surface area contributed by atoms with Crippen LogP contribution in [-0.2, 0) is 4.79 Å². The largest absolute Gasteiger partial charge is 0.340 e. The van der Waals surface area contributed by atoms with Crippen molar-refractivity contribution in [2.75, 3.05) is 25.1 Å². The third-order valence-corrected chi connectivity index (χ3v) is 2.38. The van der Waals surface area contributed by atoms with Gasteiger partial charge < -0.3 is 10.6 Å². The summed E-state index contributed by atoms with van der Waals surface area (Å²) in [5, 5.41) is 0. The smallest absolute Gasteiger partial charge is 0.232 e. The minimum atomic E-state index is 0.209. The summed E-state index contributed by atoms with van der Waals surface area (Å²) in [5.74, 6) is 0.817. The fourth-order valence-electron chi connectivity index (χ4n) is 1.23. The molecule has 1 rings (SSSR count). The van der Waals surface area contributed by atoms with Gasteiger partial charge in [0.15, 0.2) is 0 Å². The number of rotatable bonds is 2. The van der Waals surface area contributed by atoms with Crippen molar-refractivity contribution in [1.82, 2.24) is 4.90 Å². The van der Waals surface area contributed by atoms with E-state index in [-0.39, 0.29) is 11.9 Å². The predicted molar refractivity (Wildman–Crippen MR) is 47.6 cm³/mol. The first-order valence-electron chi connectivity index (χ1n) is 3.76. The molecule has 1 saturated heterocycles. The van der Waals surface area contributed by atoms with Gasteiger partial charge in [-0.2, -0.15) is 11.8 Å². The van der Waals surface area contributed by atoms with Gasteiger partial charge >= 0.3 is 0 Å². The molecule has 3 nitrogen and oxygen atoms in total. The summed E-state index contributed by atoms with van der Waals surface area (Å²) in [6.07, 6.45) is 2.90. The van der Waals surface area contributed by atoms with Gasteiger partial charge in [-0.25, -0.2) is 0 Å². The Kier molecular flexibility index (Phi) is 3.20. The van der Waals surface area contributed by atoms with E-state index in [4.69, 9.17) is 5.73 Å². The Morgan fingerprint density at radius 2 is 2.55 bits per heavy atom. The zero-order valence-corrected chi connectivity index (χ0v) is 7.56. The first-order chi connectivity index (χ1) is 5.24. The SMILES string of the molecule is CSCC(=O)N1CC[C@H](N)C1. The lowest BCUT2D eigenvalue weighted by atomic mass is 10.3. The van der Waals surface area contributed by atoms with E-state index in [0.717, 1.165) is 19.5 Å². The standard InChI is InChI=1S/C7H14N2OS/c1-11-5-7(10)9-3-2-6(8)4-9/h6H,2-5,8H2,1H3/t6-/m0/s1. The second kappa shape index (κ2) is 3.97. The molecule has 0 aliphatic carbocycles. The molecule has 0 saturated carbocycles. The summed E-state index contributed by atoms with van der Waals surface area (Å²) in [6.45, 7) is 1.60. The Labute approximate surface area is 71.3 Å². The topological polar surface area (TPSA) is 46.3 Å². The number of likely N-dealkylation sites (tertiary alicyclic amines) is 1. The van der Waals surface area contributed by atoms with Crippen LogP contribution in [0.4, 0.5) is 0 Å². The van der Waals surface area contributed by atoms with E-state index in [1.807, 2.05) is 11.2 Å². The van der Waals surface area contributed by atoms with Crippen molar-refractivity contribution < 1.29 is 4.79 Å². The van der Waals surface area contributed by atoms with E-state index in [2.05, 4.69) is 0 Å². The highest BCUT2D eigenvalue weighted by molar-refractivity contribution is 7.99. The third kappa shape index (κ3) is 2.38. The number of hydrogen-bond acceptors (Lipinski definition) is 3. The summed E-state index contributed by atoms with van der Waals surface area (Å²) >= 11 is 1.57. The van der Waals surface area contributed by atoms with Crippen molar-refractivity contribution in [2.24, 2.45) is 5.73 Å². The van der Waals surface area contributed by atoms with E-state index in [1.165, 1.54) is 0 Å². The fourth-order valence-corrected chi connectivity index (χ4v) is 1.66. The first-order valence-corrected chi connectivity index (χ1v) is 5.15. The van der Waals surface area contributed by atoms with Gasteiger partial charge in [0, 0.05) is 19.1 Å². The van der Waals surface area contributed by atoms with Crippen LogP contribution in [0.3, 0.4) is 0 Å². The van der Waals surface area contributed by atoms with Crippen LogP contribution in [0.15, 0.2) is 0 Å². The molecule has 1 heterocycles. The average Bonchev–Trinajstić information content (AvgIpc) is 2.36. The van der Waals surface area contributed by atoms with Gasteiger partial charge in [-0.15, -0.1) is 0 Å². The Balaban J connectivity index is 2.31.